The lowest BCUT2D eigenvalue weighted by Crippen LogP contribution is -2.41. The van der Waals surface area contributed by atoms with Gasteiger partial charge in [-0.25, -0.2) is 4.79 Å². The van der Waals surface area contributed by atoms with Crippen molar-refractivity contribution in [2.45, 2.75) is 19.4 Å². The first-order chi connectivity index (χ1) is 8.84. The zero-order chi connectivity index (χ0) is 14.2. The zero-order valence-electron chi connectivity index (χ0n) is 10.6. The molecule has 0 bridgehead atoms. The maximum absolute atomic E-state index is 12.4. The van der Waals surface area contributed by atoms with Crippen LogP contribution in [0, 0.1) is 0 Å². The van der Waals surface area contributed by atoms with Gasteiger partial charge in [0.1, 0.15) is 11.3 Å². The highest BCUT2D eigenvalue weighted by Crippen LogP contribution is 2.30. The molecule has 0 aromatic heterocycles. The number of amides is 3. The maximum atomic E-state index is 12.4. The van der Waals surface area contributed by atoms with Crippen molar-refractivity contribution in [2.75, 3.05) is 6.54 Å². The first-order valence-corrected chi connectivity index (χ1v) is 6.53. The van der Waals surface area contributed by atoms with Gasteiger partial charge in [0.05, 0.1) is 6.54 Å². The van der Waals surface area contributed by atoms with Gasteiger partial charge in [0.15, 0.2) is 0 Å². The van der Waals surface area contributed by atoms with Gasteiger partial charge in [0.25, 0.3) is 5.91 Å². The van der Waals surface area contributed by atoms with E-state index in [0.717, 1.165) is 9.37 Å². The summed E-state index contributed by atoms with van der Waals surface area (Å²) >= 11 is 3.33. The van der Waals surface area contributed by atoms with Gasteiger partial charge in [0, 0.05) is 4.47 Å². The number of rotatable bonds is 3. The van der Waals surface area contributed by atoms with Crippen molar-refractivity contribution in [3.63, 3.8) is 0 Å². The Bertz CT molecular complexity index is 573. The van der Waals surface area contributed by atoms with Gasteiger partial charge in [-0.1, -0.05) is 28.1 Å². The minimum Gasteiger partial charge on any atom is -0.319 e. The number of halogens is 1. The quantitative estimate of drug-likeness (QED) is 0.862. The molecule has 1 heterocycles. The summed E-state index contributed by atoms with van der Waals surface area (Å²) in [5, 5.41) is 2.64. The van der Waals surface area contributed by atoms with Crippen LogP contribution in [0.5, 0.6) is 0 Å². The van der Waals surface area contributed by atoms with E-state index in [4.69, 9.17) is 0 Å². The number of nitrogens with zero attached hydrogens (tertiary/aromatic N) is 1. The van der Waals surface area contributed by atoms with E-state index >= 15 is 0 Å². The van der Waals surface area contributed by atoms with E-state index in [1.165, 1.54) is 6.92 Å². The van der Waals surface area contributed by atoms with Crippen molar-refractivity contribution in [3.05, 3.63) is 34.3 Å². The minimum atomic E-state index is -1.13. The number of ketones is 1. The van der Waals surface area contributed by atoms with E-state index in [-0.39, 0.29) is 12.3 Å². The Kier molecular flexibility index (Phi) is 3.45. The zero-order valence-corrected chi connectivity index (χ0v) is 12.2. The van der Waals surface area contributed by atoms with Gasteiger partial charge >= 0.3 is 6.03 Å². The number of imide groups is 1. The lowest BCUT2D eigenvalue weighted by Gasteiger charge is -2.22. The number of urea groups is 1. The highest BCUT2D eigenvalue weighted by Gasteiger charge is 2.49. The number of benzene rings is 1. The summed E-state index contributed by atoms with van der Waals surface area (Å²) in [5.41, 5.74) is -0.456. The molecule has 0 radical (unpaired) electrons. The molecule has 100 valence electrons. The summed E-state index contributed by atoms with van der Waals surface area (Å²) in [6, 6.07) is 6.62. The summed E-state index contributed by atoms with van der Waals surface area (Å²) in [6.45, 7) is 2.78. The van der Waals surface area contributed by atoms with Crippen LogP contribution in [0.4, 0.5) is 4.79 Å². The molecule has 5 nitrogen and oxygen atoms in total. The Morgan fingerprint density at radius 3 is 2.68 bits per heavy atom. The minimum absolute atomic E-state index is 0.200. The lowest BCUT2D eigenvalue weighted by molar-refractivity contribution is -0.133. The summed E-state index contributed by atoms with van der Waals surface area (Å²) < 4.78 is 0.818. The fourth-order valence-corrected chi connectivity index (χ4v) is 2.46. The number of carbonyl (C=O) groups is 3. The number of nitrogens with one attached hydrogen (secondary N) is 1. The topological polar surface area (TPSA) is 66.5 Å². The second-order valence-corrected chi connectivity index (χ2v) is 5.57. The van der Waals surface area contributed by atoms with E-state index in [1.807, 2.05) is 6.07 Å². The van der Waals surface area contributed by atoms with Gasteiger partial charge in [-0.05, 0) is 31.5 Å². The van der Waals surface area contributed by atoms with Crippen LogP contribution in [0.15, 0.2) is 28.7 Å². The molecule has 0 saturated carbocycles. The van der Waals surface area contributed by atoms with Crippen LogP contribution in [-0.2, 0) is 15.1 Å². The molecule has 1 N–H and O–H groups in total. The Morgan fingerprint density at radius 2 is 2.11 bits per heavy atom. The molecule has 19 heavy (non-hydrogen) atoms. The average molecular weight is 325 g/mol. The molecule has 1 aromatic rings. The van der Waals surface area contributed by atoms with Gasteiger partial charge < -0.3 is 5.32 Å². The smallest absolute Gasteiger partial charge is 0.319 e. The Morgan fingerprint density at radius 1 is 1.42 bits per heavy atom. The molecule has 0 unspecified atom stereocenters. The van der Waals surface area contributed by atoms with Crippen LogP contribution in [0.25, 0.3) is 0 Å². The van der Waals surface area contributed by atoms with Crippen molar-refractivity contribution in [1.29, 1.82) is 0 Å². The summed E-state index contributed by atoms with van der Waals surface area (Å²) in [5.74, 6) is -0.646. The Labute approximate surface area is 119 Å². The predicted octanol–water partition coefficient (Wildman–Crippen LogP) is 1.81. The SMILES string of the molecule is CC(=O)CN1C(=O)N[C@@](C)(c2cccc(Br)c2)C1=O. The van der Waals surface area contributed by atoms with Crippen molar-refractivity contribution < 1.29 is 14.4 Å². The van der Waals surface area contributed by atoms with Gasteiger partial charge in [0.2, 0.25) is 0 Å². The molecule has 0 spiro atoms. The second kappa shape index (κ2) is 4.77. The van der Waals surface area contributed by atoms with Gasteiger partial charge in [-0.2, -0.15) is 0 Å². The first-order valence-electron chi connectivity index (χ1n) is 5.74. The number of carbonyl (C=O) groups excluding carboxylic acids is 3. The number of hydrogen-bond acceptors (Lipinski definition) is 3. The van der Waals surface area contributed by atoms with Crippen LogP contribution in [0.3, 0.4) is 0 Å². The molecule has 6 heteroatoms. The highest BCUT2D eigenvalue weighted by molar-refractivity contribution is 9.10. The third-order valence-electron chi connectivity index (χ3n) is 3.06. The molecular formula is C13H13BrN2O3. The van der Waals surface area contributed by atoms with Crippen LogP contribution < -0.4 is 5.32 Å². The summed E-state index contributed by atoms with van der Waals surface area (Å²) in [7, 11) is 0. The third-order valence-corrected chi connectivity index (χ3v) is 3.55. The molecule has 1 saturated heterocycles. The highest BCUT2D eigenvalue weighted by atomic mass is 79.9. The summed E-state index contributed by atoms with van der Waals surface area (Å²) in [4.78, 5) is 36.2. The van der Waals surface area contributed by atoms with Gasteiger partial charge in [-0.15, -0.1) is 0 Å². The van der Waals surface area contributed by atoms with E-state index in [0.29, 0.717) is 5.56 Å². The second-order valence-electron chi connectivity index (χ2n) is 4.66. The fraction of sp³-hybridized carbons (Fsp3) is 0.308. The monoisotopic (exact) mass is 324 g/mol. The third kappa shape index (κ3) is 2.40. The Hall–Kier alpha value is -1.69. The Balaban J connectivity index is 2.38. The number of Topliss-reactive ketones (excluding diaryl/α,β-unsaturated/α-hetero) is 1. The molecule has 3 amide bonds. The van der Waals surface area contributed by atoms with E-state index in [2.05, 4.69) is 21.2 Å². The van der Waals surface area contributed by atoms with Crippen LogP contribution in [-0.4, -0.2) is 29.2 Å². The lowest BCUT2D eigenvalue weighted by atomic mass is 9.92. The molecule has 0 aliphatic carbocycles. The molecule has 1 aromatic carbocycles. The van der Waals surface area contributed by atoms with Crippen molar-refractivity contribution >= 4 is 33.7 Å². The molecule has 1 atom stereocenters. The van der Waals surface area contributed by atoms with Crippen LogP contribution in [0.1, 0.15) is 19.4 Å². The van der Waals surface area contributed by atoms with Crippen molar-refractivity contribution in [1.82, 2.24) is 10.2 Å². The van der Waals surface area contributed by atoms with Crippen LogP contribution >= 0.6 is 15.9 Å². The first kappa shape index (κ1) is 13.7. The molecule has 1 aliphatic rings. The number of hydrogen-bond donors (Lipinski definition) is 1. The normalized spacial score (nSPS) is 22.6. The van der Waals surface area contributed by atoms with Crippen LogP contribution in [0.2, 0.25) is 0 Å². The van der Waals surface area contributed by atoms with E-state index < -0.39 is 17.5 Å². The van der Waals surface area contributed by atoms with Crippen molar-refractivity contribution in [2.24, 2.45) is 0 Å². The molecular weight excluding hydrogens is 312 g/mol. The molecule has 2 rings (SSSR count). The van der Waals surface area contributed by atoms with E-state index in [1.54, 1.807) is 25.1 Å². The molecule has 1 fully saturated rings. The van der Waals surface area contributed by atoms with E-state index in [9.17, 15) is 14.4 Å². The maximum Gasteiger partial charge on any atom is 0.325 e. The average Bonchev–Trinajstić information content (AvgIpc) is 2.54. The molecule has 1 aliphatic heterocycles. The van der Waals surface area contributed by atoms with Crippen molar-refractivity contribution in [3.8, 4) is 0 Å². The predicted molar refractivity (Wildman–Crippen MR) is 72.4 cm³/mol. The standard InChI is InChI=1S/C13H13BrN2O3/c1-8(17)7-16-11(18)13(2,15-12(16)19)9-4-3-5-10(14)6-9/h3-6H,7H2,1-2H3,(H,15,19)/t13-/m0/s1. The van der Waals surface area contributed by atoms with Gasteiger partial charge in [-0.3, -0.25) is 14.5 Å². The summed E-state index contributed by atoms with van der Waals surface area (Å²) in [6.07, 6.45) is 0. The fourth-order valence-electron chi connectivity index (χ4n) is 2.06. The largest absolute Gasteiger partial charge is 0.325 e.